The lowest BCUT2D eigenvalue weighted by molar-refractivity contribution is 0.0791. The van der Waals surface area contributed by atoms with Gasteiger partial charge in [-0.15, -0.1) is 0 Å². The summed E-state index contributed by atoms with van der Waals surface area (Å²) in [6.07, 6.45) is 5.47. The van der Waals surface area contributed by atoms with Crippen LogP contribution in [-0.4, -0.2) is 21.8 Å². The molecule has 0 saturated heterocycles. The third kappa shape index (κ3) is 5.51. The highest BCUT2D eigenvalue weighted by Gasteiger charge is 2.22. The molecule has 0 aliphatic heterocycles. The van der Waals surface area contributed by atoms with Crippen LogP contribution in [0.1, 0.15) is 42.7 Å². The number of rotatable bonds is 7. The normalized spacial score (nSPS) is 12.0. The number of hydrogen-bond donors (Lipinski definition) is 2. The van der Waals surface area contributed by atoms with Crippen LogP contribution >= 0.6 is 11.6 Å². The van der Waals surface area contributed by atoms with E-state index in [0.29, 0.717) is 11.4 Å². The average Bonchev–Trinajstić information content (AvgIpc) is 2.80. The summed E-state index contributed by atoms with van der Waals surface area (Å²) in [4.78, 5) is 4.70. The van der Waals surface area contributed by atoms with Crippen LogP contribution in [-0.2, 0) is 12.0 Å². The Morgan fingerprint density at radius 3 is 2.52 bits per heavy atom. The van der Waals surface area contributed by atoms with E-state index in [1.807, 2.05) is 74.5 Å². The van der Waals surface area contributed by atoms with E-state index in [-0.39, 0.29) is 6.61 Å². The van der Waals surface area contributed by atoms with Crippen LogP contribution in [0.3, 0.4) is 0 Å². The first-order valence-electron chi connectivity index (χ1n) is 11.2. The van der Waals surface area contributed by atoms with Crippen LogP contribution in [0.15, 0.2) is 72.8 Å². The first kappa shape index (κ1) is 23.2. The van der Waals surface area contributed by atoms with E-state index in [1.54, 1.807) is 0 Å². The Morgan fingerprint density at radius 1 is 0.939 bits per heavy atom. The molecule has 0 spiro atoms. The summed E-state index contributed by atoms with van der Waals surface area (Å²) in [5.41, 5.74) is 5.87. The zero-order valence-corrected chi connectivity index (χ0v) is 19.7. The van der Waals surface area contributed by atoms with Crippen molar-refractivity contribution in [2.45, 2.75) is 32.3 Å². The van der Waals surface area contributed by atoms with E-state index in [1.165, 1.54) is 0 Å². The van der Waals surface area contributed by atoms with Crippen molar-refractivity contribution in [1.82, 2.24) is 4.98 Å². The van der Waals surface area contributed by atoms with Crippen molar-refractivity contribution in [2.75, 3.05) is 6.61 Å². The van der Waals surface area contributed by atoms with Gasteiger partial charge in [-0.05, 0) is 84.8 Å². The van der Waals surface area contributed by atoms with Gasteiger partial charge in [0.2, 0.25) is 0 Å². The van der Waals surface area contributed by atoms with Crippen LogP contribution < -0.4 is 0 Å². The number of aromatic nitrogens is 1. The van der Waals surface area contributed by atoms with E-state index in [9.17, 15) is 10.2 Å². The molecule has 0 unspecified atom stereocenters. The third-order valence-corrected chi connectivity index (χ3v) is 5.95. The third-order valence-electron chi connectivity index (χ3n) is 5.71. The number of fused-ring (bicyclic) bond motifs is 1. The van der Waals surface area contributed by atoms with E-state index in [0.717, 1.165) is 50.8 Å². The highest BCUT2D eigenvalue weighted by molar-refractivity contribution is 6.31. The second-order valence-corrected chi connectivity index (χ2v) is 9.19. The van der Waals surface area contributed by atoms with Crippen molar-refractivity contribution in [1.29, 1.82) is 0 Å². The second-order valence-electron chi connectivity index (χ2n) is 8.76. The number of aryl methyl sites for hydroxylation is 1. The van der Waals surface area contributed by atoms with Gasteiger partial charge in [0, 0.05) is 17.0 Å². The molecule has 4 heteroatoms. The van der Waals surface area contributed by atoms with Gasteiger partial charge in [-0.25, -0.2) is 4.98 Å². The first-order chi connectivity index (χ1) is 15.8. The Kier molecular flexibility index (Phi) is 6.94. The Morgan fingerprint density at radius 2 is 1.73 bits per heavy atom. The molecule has 0 atom stereocenters. The maximum Gasteiger partial charge on any atom is 0.0846 e. The molecule has 33 heavy (non-hydrogen) atoms. The molecule has 3 aromatic carbocycles. The Balaban J connectivity index is 1.71. The zero-order valence-electron chi connectivity index (χ0n) is 18.9. The number of hydrogen-bond acceptors (Lipinski definition) is 3. The van der Waals surface area contributed by atoms with Crippen LogP contribution in [0, 0.1) is 0 Å². The predicted octanol–water partition coefficient (Wildman–Crippen LogP) is 6.88. The summed E-state index contributed by atoms with van der Waals surface area (Å²) >= 11 is 6.12. The number of nitrogens with zero attached hydrogens (tertiary/aromatic N) is 1. The monoisotopic (exact) mass is 457 g/mol. The molecule has 1 aromatic heterocycles. The van der Waals surface area contributed by atoms with Gasteiger partial charge in [0.1, 0.15) is 0 Å². The molecule has 2 N–H and O–H groups in total. The van der Waals surface area contributed by atoms with Crippen molar-refractivity contribution >= 4 is 34.7 Å². The maximum atomic E-state index is 10.8. The molecular weight excluding hydrogens is 430 g/mol. The van der Waals surface area contributed by atoms with Crippen LogP contribution in [0.25, 0.3) is 34.2 Å². The number of halogens is 1. The molecule has 4 aromatic rings. The van der Waals surface area contributed by atoms with Gasteiger partial charge in [-0.1, -0.05) is 66.2 Å². The van der Waals surface area contributed by atoms with Gasteiger partial charge in [-0.2, -0.15) is 0 Å². The Hall–Kier alpha value is -2.98. The molecule has 0 bridgehead atoms. The minimum Gasteiger partial charge on any atom is -0.396 e. The number of benzene rings is 3. The molecule has 4 rings (SSSR count). The fraction of sp³-hybridized carbons (Fsp3) is 0.207. The summed E-state index contributed by atoms with van der Waals surface area (Å²) in [7, 11) is 0. The van der Waals surface area contributed by atoms with Crippen molar-refractivity contribution < 1.29 is 10.2 Å². The minimum atomic E-state index is -0.979. The number of pyridine rings is 1. The van der Waals surface area contributed by atoms with Gasteiger partial charge in [0.15, 0.2) is 0 Å². The lowest BCUT2D eigenvalue weighted by atomic mass is 9.85. The second kappa shape index (κ2) is 9.88. The number of aliphatic hydroxyl groups is 2. The molecule has 3 nitrogen and oxygen atoms in total. The summed E-state index contributed by atoms with van der Waals surface area (Å²) < 4.78 is 0. The van der Waals surface area contributed by atoms with E-state index >= 15 is 0 Å². The lowest BCUT2D eigenvalue weighted by Gasteiger charge is -2.24. The van der Waals surface area contributed by atoms with Gasteiger partial charge in [-0.3, -0.25) is 0 Å². The highest BCUT2D eigenvalue weighted by atomic mass is 35.5. The first-order valence-corrected chi connectivity index (χ1v) is 11.5. The van der Waals surface area contributed by atoms with Crippen molar-refractivity contribution in [2.24, 2.45) is 0 Å². The summed E-state index contributed by atoms with van der Waals surface area (Å²) in [5.74, 6) is 0. The summed E-state index contributed by atoms with van der Waals surface area (Å²) in [5, 5.41) is 21.9. The van der Waals surface area contributed by atoms with Crippen molar-refractivity contribution in [3.63, 3.8) is 0 Å². The van der Waals surface area contributed by atoms with Crippen molar-refractivity contribution in [3.8, 4) is 11.1 Å². The van der Waals surface area contributed by atoms with Gasteiger partial charge in [0.05, 0.1) is 16.8 Å². The quantitative estimate of drug-likeness (QED) is 0.318. The molecule has 168 valence electrons. The standard InChI is InChI=1S/C29H28ClNO2/c1-29(2,33)26-10-4-7-22(9-5-17-32)28(26)23-8-3-6-20(18-23)11-15-25-16-13-21-12-14-24(30)19-27(21)31-25/h3-4,6-8,10-16,18-19,32-33H,5,9,17H2,1-2H3. The number of aliphatic hydroxyl groups excluding tert-OH is 1. The van der Waals surface area contributed by atoms with Gasteiger partial charge in [0.25, 0.3) is 0 Å². The van der Waals surface area contributed by atoms with Crippen molar-refractivity contribution in [3.05, 3.63) is 100 Å². The smallest absolute Gasteiger partial charge is 0.0846 e. The molecule has 1 heterocycles. The Bertz CT molecular complexity index is 1300. The molecule has 0 fully saturated rings. The molecular formula is C29H28ClNO2. The molecule has 0 radical (unpaired) electrons. The van der Waals surface area contributed by atoms with Gasteiger partial charge >= 0.3 is 0 Å². The summed E-state index contributed by atoms with van der Waals surface area (Å²) in [6.45, 7) is 3.76. The predicted molar refractivity (Wildman–Crippen MR) is 138 cm³/mol. The fourth-order valence-corrected chi connectivity index (χ4v) is 4.27. The fourth-order valence-electron chi connectivity index (χ4n) is 4.11. The minimum absolute atomic E-state index is 0.138. The van der Waals surface area contributed by atoms with Gasteiger partial charge < -0.3 is 10.2 Å². The molecule has 0 saturated carbocycles. The maximum absolute atomic E-state index is 10.8. The molecule has 0 amide bonds. The molecule has 0 aliphatic rings. The van der Waals surface area contributed by atoms with Crippen LogP contribution in [0.4, 0.5) is 0 Å². The van der Waals surface area contributed by atoms with E-state index < -0.39 is 5.60 Å². The van der Waals surface area contributed by atoms with Crippen LogP contribution in [0.2, 0.25) is 5.02 Å². The SMILES string of the molecule is CC(C)(O)c1cccc(CCCO)c1-c1cccc(C=Cc2ccc3ccc(Cl)cc3n2)c1. The average molecular weight is 458 g/mol. The lowest BCUT2D eigenvalue weighted by Crippen LogP contribution is -2.17. The largest absolute Gasteiger partial charge is 0.396 e. The Labute approximate surface area is 200 Å². The topological polar surface area (TPSA) is 53.4 Å². The molecule has 0 aliphatic carbocycles. The highest BCUT2D eigenvalue weighted by Crippen LogP contribution is 2.35. The summed E-state index contributed by atoms with van der Waals surface area (Å²) in [6, 6.07) is 24.1. The zero-order chi connectivity index (χ0) is 23.4. The van der Waals surface area contributed by atoms with Crippen LogP contribution in [0.5, 0.6) is 0 Å². The van der Waals surface area contributed by atoms with E-state index in [4.69, 9.17) is 16.6 Å². The van der Waals surface area contributed by atoms with E-state index in [2.05, 4.69) is 24.3 Å².